The van der Waals surface area contributed by atoms with Gasteiger partial charge in [-0.05, 0) is 57.1 Å². The molecule has 2 aromatic rings. The number of aliphatic hydroxyl groups is 1. The van der Waals surface area contributed by atoms with E-state index in [2.05, 4.69) is 22.5 Å². The maximum Gasteiger partial charge on any atom is 0.271 e. The number of hydrogen-bond acceptors (Lipinski definition) is 6. The van der Waals surface area contributed by atoms with Gasteiger partial charge < -0.3 is 20.5 Å². The summed E-state index contributed by atoms with van der Waals surface area (Å²) in [5, 5.41) is 19.6. The molecule has 0 aliphatic heterocycles. The Bertz CT molecular complexity index is 1040. The van der Waals surface area contributed by atoms with Crippen LogP contribution in [0.2, 0.25) is 5.02 Å². The minimum absolute atomic E-state index is 0.0232. The highest BCUT2D eigenvalue weighted by molar-refractivity contribution is 7.09. The van der Waals surface area contributed by atoms with E-state index < -0.39 is 28.9 Å². The SMILES string of the molecule is CCCc1nc(C(=O)NC23CCC(NC(=O)COc4ccc(Cl)c(F)c4)(CC2)C(O)C3)cs1. The molecule has 0 spiro atoms. The zero-order valence-corrected chi connectivity index (χ0v) is 19.9. The first-order valence-corrected chi connectivity index (χ1v) is 12.3. The van der Waals surface area contributed by atoms with Crippen molar-refractivity contribution < 1.29 is 23.8 Å². The van der Waals surface area contributed by atoms with E-state index in [0.29, 0.717) is 37.8 Å². The van der Waals surface area contributed by atoms with Crippen molar-refractivity contribution in [1.29, 1.82) is 0 Å². The summed E-state index contributed by atoms with van der Waals surface area (Å²) in [5.41, 5.74) is -0.846. The van der Waals surface area contributed by atoms with E-state index in [-0.39, 0.29) is 23.3 Å². The average molecular weight is 496 g/mol. The number of aromatic nitrogens is 1. The zero-order chi connectivity index (χ0) is 23.6. The Balaban J connectivity index is 1.33. The molecule has 1 atom stereocenters. The molecule has 1 aromatic heterocycles. The van der Waals surface area contributed by atoms with Crippen LogP contribution in [-0.4, -0.2) is 45.7 Å². The minimum Gasteiger partial charge on any atom is -0.484 e. The van der Waals surface area contributed by atoms with Crippen molar-refractivity contribution in [2.45, 2.75) is 69.1 Å². The fraction of sp³-hybridized carbons (Fsp3) is 0.522. The van der Waals surface area contributed by atoms with Gasteiger partial charge in [0.25, 0.3) is 11.8 Å². The summed E-state index contributed by atoms with van der Waals surface area (Å²) in [6, 6.07) is 3.96. The van der Waals surface area contributed by atoms with Gasteiger partial charge >= 0.3 is 0 Å². The molecule has 5 rings (SSSR count). The van der Waals surface area contributed by atoms with Gasteiger partial charge in [-0.2, -0.15) is 0 Å². The molecular weight excluding hydrogens is 469 g/mol. The van der Waals surface area contributed by atoms with Crippen LogP contribution < -0.4 is 15.4 Å². The molecule has 0 saturated heterocycles. The van der Waals surface area contributed by atoms with Crippen LogP contribution in [0.4, 0.5) is 4.39 Å². The lowest BCUT2D eigenvalue weighted by Gasteiger charge is -2.56. The Kier molecular flexibility index (Phi) is 6.93. The number of aliphatic hydroxyl groups excluding tert-OH is 1. The number of aryl methyl sites for hydroxylation is 1. The van der Waals surface area contributed by atoms with Crippen LogP contribution in [0.3, 0.4) is 0 Å². The molecule has 2 amide bonds. The van der Waals surface area contributed by atoms with Gasteiger partial charge in [-0.3, -0.25) is 9.59 Å². The summed E-state index contributed by atoms with van der Waals surface area (Å²) < 4.78 is 18.9. The van der Waals surface area contributed by atoms with Gasteiger partial charge in [0.1, 0.15) is 17.3 Å². The number of ether oxygens (including phenoxy) is 1. The average Bonchev–Trinajstić information content (AvgIpc) is 3.25. The number of benzene rings is 1. The van der Waals surface area contributed by atoms with Crippen LogP contribution in [0.1, 0.15) is 60.9 Å². The molecule has 2 bridgehead atoms. The molecule has 1 aromatic carbocycles. The highest BCUT2D eigenvalue weighted by Crippen LogP contribution is 2.47. The number of nitrogens with one attached hydrogen (secondary N) is 2. The van der Waals surface area contributed by atoms with Crippen molar-refractivity contribution in [3.8, 4) is 5.75 Å². The number of fused-ring (bicyclic) bond motifs is 3. The first-order chi connectivity index (χ1) is 15.7. The molecule has 178 valence electrons. The van der Waals surface area contributed by atoms with Gasteiger partial charge in [0, 0.05) is 17.0 Å². The highest BCUT2D eigenvalue weighted by atomic mass is 35.5. The number of nitrogens with zero attached hydrogens (tertiary/aromatic N) is 1. The number of carbonyl (C=O) groups is 2. The molecule has 1 heterocycles. The zero-order valence-electron chi connectivity index (χ0n) is 18.3. The maximum absolute atomic E-state index is 13.5. The molecular formula is C23H27ClFN3O4S. The quantitative estimate of drug-likeness (QED) is 0.519. The predicted octanol–water partition coefficient (Wildman–Crippen LogP) is 3.63. The molecule has 3 fully saturated rings. The van der Waals surface area contributed by atoms with E-state index in [9.17, 15) is 19.1 Å². The Morgan fingerprint density at radius 1 is 1.30 bits per heavy atom. The molecule has 3 aliphatic rings. The van der Waals surface area contributed by atoms with Crippen LogP contribution in [0, 0.1) is 5.82 Å². The second kappa shape index (κ2) is 9.56. The molecule has 7 nitrogen and oxygen atoms in total. The molecule has 3 saturated carbocycles. The summed E-state index contributed by atoms with van der Waals surface area (Å²) in [7, 11) is 0. The lowest BCUT2D eigenvalue weighted by molar-refractivity contribution is -0.132. The number of rotatable bonds is 8. The number of amides is 2. The second-order valence-corrected chi connectivity index (χ2v) is 10.2. The van der Waals surface area contributed by atoms with Crippen molar-refractivity contribution in [3.63, 3.8) is 0 Å². The summed E-state index contributed by atoms with van der Waals surface area (Å²) in [6.45, 7) is 1.77. The smallest absolute Gasteiger partial charge is 0.271 e. The van der Waals surface area contributed by atoms with Crippen molar-refractivity contribution >= 4 is 34.8 Å². The second-order valence-electron chi connectivity index (χ2n) is 8.90. The largest absolute Gasteiger partial charge is 0.484 e. The summed E-state index contributed by atoms with van der Waals surface area (Å²) >= 11 is 7.14. The van der Waals surface area contributed by atoms with Gasteiger partial charge in [0.05, 0.1) is 21.7 Å². The normalized spacial score (nSPS) is 26.1. The molecule has 1 unspecified atom stereocenters. The van der Waals surface area contributed by atoms with E-state index in [1.165, 1.54) is 23.5 Å². The van der Waals surface area contributed by atoms with E-state index in [1.807, 2.05) is 0 Å². The summed E-state index contributed by atoms with van der Waals surface area (Å²) in [5.74, 6) is -1.04. The van der Waals surface area contributed by atoms with Crippen molar-refractivity contribution in [1.82, 2.24) is 15.6 Å². The van der Waals surface area contributed by atoms with Gasteiger partial charge in [0.15, 0.2) is 6.61 Å². The Hall–Kier alpha value is -2.23. The fourth-order valence-corrected chi connectivity index (χ4v) is 5.74. The van der Waals surface area contributed by atoms with Crippen LogP contribution >= 0.6 is 22.9 Å². The van der Waals surface area contributed by atoms with Gasteiger partial charge in [0.2, 0.25) is 0 Å². The Morgan fingerprint density at radius 2 is 2.06 bits per heavy atom. The first-order valence-electron chi connectivity index (χ1n) is 11.1. The van der Waals surface area contributed by atoms with Crippen LogP contribution in [0.25, 0.3) is 0 Å². The van der Waals surface area contributed by atoms with E-state index >= 15 is 0 Å². The fourth-order valence-electron chi connectivity index (χ4n) is 4.74. The monoisotopic (exact) mass is 495 g/mol. The third-order valence-corrected chi connectivity index (χ3v) is 7.81. The number of carbonyl (C=O) groups excluding carboxylic acids is 2. The van der Waals surface area contributed by atoms with E-state index in [4.69, 9.17) is 16.3 Å². The number of halogens is 2. The maximum atomic E-state index is 13.5. The van der Waals surface area contributed by atoms with Gasteiger partial charge in [-0.15, -0.1) is 11.3 Å². The van der Waals surface area contributed by atoms with E-state index in [1.54, 1.807) is 5.38 Å². The third kappa shape index (κ3) is 5.15. The van der Waals surface area contributed by atoms with Gasteiger partial charge in [-0.25, -0.2) is 9.37 Å². The molecule has 3 aliphatic carbocycles. The van der Waals surface area contributed by atoms with Gasteiger partial charge in [-0.1, -0.05) is 18.5 Å². The third-order valence-electron chi connectivity index (χ3n) is 6.60. The topological polar surface area (TPSA) is 101 Å². The Labute approximate surface area is 200 Å². The number of hydrogen-bond donors (Lipinski definition) is 3. The lowest BCUT2D eigenvalue weighted by atomic mass is 9.60. The summed E-state index contributed by atoms with van der Waals surface area (Å²) in [4.78, 5) is 29.7. The molecule has 10 heteroatoms. The Morgan fingerprint density at radius 3 is 2.73 bits per heavy atom. The predicted molar refractivity (Wildman–Crippen MR) is 123 cm³/mol. The lowest BCUT2D eigenvalue weighted by Crippen LogP contribution is -2.70. The summed E-state index contributed by atoms with van der Waals surface area (Å²) in [6.07, 6.45) is 3.73. The number of thiazole rings is 1. The van der Waals surface area contributed by atoms with Crippen molar-refractivity contribution in [2.75, 3.05) is 6.61 Å². The van der Waals surface area contributed by atoms with Crippen LogP contribution in [0.15, 0.2) is 23.6 Å². The molecule has 0 radical (unpaired) electrons. The van der Waals surface area contributed by atoms with Crippen LogP contribution in [-0.2, 0) is 11.2 Å². The first kappa shape index (κ1) is 23.9. The molecule has 33 heavy (non-hydrogen) atoms. The highest BCUT2D eigenvalue weighted by Gasteiger charge is 2.55. The minimum atomic E-state index is -0.802. The molecule has 3 N–H and O–H groups in total. The van der Waals surface area contributed by atoms with Crippen molar-refractivity contribution in [3.05, 3.63) is 45.1 Å². The standard InChI is InChI=1S/C23H27ClFN3O4S/c1-2-3-20-26-17(13-33-20)21(31)28-22-6-8-23(9-7-22,18(29)11-22)27-19(30)12-32-14-4-5-15(24)16(25)10-14/h4-5,10,13,18,29H,2-3,6-9,11-12H2,1H3,(H,27,30)(H,28,31). The van der Waals surface area contributed by atoms with E-state index in [0.717, 1.165) is 23.9 Å². The van der Waals surface area contributed by atoms with Crippen molar-refractivity contribution in [2.24, 2.45) is 0 Å². The van der Waals surface area contributed by atoms with Crippen LogP contribution in [0.5, 0.6) is 5.75 Å².